The van der Waals surface area contributed by atoms with Crippen LogP contribution in [-0.2, 0) is 11.3 Å². The van der Waals surface area contributed by atoms with Crippen molar-refractivity contribution in [2.24, 2.45) is 0 Å². The third-order valence-electron chi connectivity index (χ3n) is 6.04. The van der Waals surface area contributed by atoms with E-state index >= 15 is 0 Å². The summed E-state index contributed by atoms with van der Waals surface area (Å²) in [6, 6.07) is 8.74. The number of methoxy groups -OCH3 is 1. The van der Waals surface area contributed by atoms with Crippen LogP contribution in [0.1, 0.15) is 41.4 Å². The number of halogens is 2. The molecule has 1 aliphatic rings. The number of anilines is 1. The molecule has 2 heterocycles. The molecule has 0 bridgehead atoms. The summed E-state index contributed by atoms with van der Waals surface area (Å²) in [5, 5.41) is 15.3. The van der Waals surface area contributed by atoms with Gasteiger partial charge in [-0.25, -0.2) is 14.4 Å². The second-order valence-corrected chi connectivity index (χ2v) is 9.24. The number of nitrogens with one attached hydrogen (secondary N) is 2. The van der Waals surface area contributed by atoms with Crippen LogP contribution in [0.4, 0.5) is 10.3 Å². The monoisotopic (exact) mass is 527 g/mol. The lowest BCUT2D eigenvalue weighted by Gasteiger charge is -2.19. The zero-order chi connectivity index (χ0) is 26.7. The van der Waals surface area contributed by atoms with Crippen LogP contribution in [0.3, 0.4) is 0 Å². The van der Waals surface area contributed by atoms with Gasteiger partial charge in [0.2, 0.25) is 11.9 Å². The number of nitrogens with zero attached hydrogens (tertiary/aromatic N) is 3. The van der Waals surface area contributed by atoms with E-state index in [1.165, 1.54) is 36.4 Å². The number of aliphatic hydroxyl groups is 1. The number of carbonyl (C=O) groups is 2. The van der Waals surface area contributed by atoms with Crippen LogP contribution in [0, 0.1) is 5.82 Å². The number of fused-ring (bicyclic) bond motifs is 1. The number of rotatable bonds is 9. The van der Waals surface area contributed by atoms with Gasteiger partial charge < -0.3 is 25.4 Å². The molecule has 0 radical (unpaired) electrons. The fraction of sp³-hybridized carbons (Fsp3) is 0.308. The van der Waals surface area contributed by atoms with Crippen LogP contribution in [-0.4, -0.2) is 58.1 Å². The molecular formula is C26H27ClFN5O4. The van der Waals surface area contributed by atoms with Gasteiger partial charge in [-0.05, 0) is 43.7 Å². The van der Waals surface area contributed by atoms with Gasteiger partial charge in [0, 0.05) is 29.3 Å². The number of aliphatic hydroxyl groups excluding tert-OH is 1. The number of amides is 2. The first-order valence-corrected chi connectivity index (χ1v) is 12.0. The molecule has 3 aromatic rings. The van der Waals surface area contributed by atoms with Crippen molar-refractivity contribution in [1.29, 1.82) is 0 Å². The fourth-order valence-electron chi connectivity index (χ4n) is 4.06. The number of carbonyl (C=O) groups excluding carboxylic acids is 2. The number of aromatic nitrogens is 2. The van der Waals surface area contributed by atoms with Crippen LogP contribution < -0.4 is 15.4 Å². The van der Waals surface area contributed by atoms with Gasteiger partial charge in [-0.3, -0.25) is 9.59 Å². The third kappa shape index (κ3) is 5.81. The molecule has 0 saturated carbocycles. The Morgan fingerprint density at radius 2 is 2.05 bits per heavy atom. The van der Waals surface area contributed by atoms with E-state index in [0.29, 0.717) is 33.5 Å². The summed E-state index contributed by atoms with van der Waals surface area (Å²) in [6.45, 7) is 3.44. The lowest BCUT2D eigenvalue weighted by atomic mass is 10.0. The molecule has 0 spiro atoms. The highest BCUT2D eigenvalue weighted by molar-refractivity contribution is 6.33. The van der Waals surface area contributed by atoms with Gasteiger partial charge in [-0.15, -0.1) is 0 Å². The van der Waals surface area contributed by atoms with Crippen molar-refractivity contribution in [3.05, 3.63) is 70.1 Å². The molecule has 2 atom stereocenters. The average molecular weight is 528 g/mol. The quantitative estimate of drug-likeness (QED) is 0.389. The normalized spacial score (nSPS) is 14.2. The number of ether oxygens (including phenoxy) is 1. The fourth-order valence-corrected chi connectivity index (χ4v) is 4.26. The minimum Gasteiger partial charge on any atom is -0.497 e. The van der Waals surface area contributed by atoms with Crippen LogP contribution >= 0.6 is 11.6 Å². The van der Waals surface area contributed by atoms with Crippen molar-refractivity contribution >= 4 is 29.4 Å². The lowest BCUT2D eigenvalue weighted by molar-refractivity contribution is -0.122. The molecule has 1 aromatic heterocycles. The molecule has 1 aliphatic heterocycles. The van der Waals surface area contributed by atoms with E-state index < -0.39 is 17.8 Å². The predicted octanol–water partition coefficient (Wildman–Crippen LogP) is 3.57. The van der Waals surface area contributed by atoms with Crippen molar-refractivity contribution < 1.29 is 23.8 Å². The second-order valence-electron chi connectivity index (χ2n) is 8.83. The zero-order valence-electron chi connectivity index (χ0n) is 20.6. The van der Waals surface area contributed by atoms with Gasteiger partial charge in [0.15, 0.2) is 0 Å². The number of benzene rings is 2. The Morgan fingerprint density at radius 1 is 1.27 bits per heavy atom. The first-order chi connectivity index (χ1) is 17.7. The van der Waals surface area contributed by atoms with Gasteiger partial charge in [-0.2, -0.15) is 0 Å². The number of hydrogen-bond acceptors (Lipinski definition) is 7. The Morgan fingerprint density at radius 3 is 2.78 bits per heavy atom. The Balaban J connectivity index is 1.47. The van der Waals surface area contributed by atoms with E-state index in [2.05, 4.69) is 20.6 Å². The summed E-state index contributed by atoms with van der Waals surface area (Å²) in [5.41, 5.74) is 2.56. The molecule has 0 fully saturated rings. The Bertz CT molecular complexity index is 1340. The average Bonchev–Trinajstić information content (AvgIpc) is 3.19. The second kappa shape index (κ2) is 11.1. The summed E-state index contributed by atoms with van der Waals surface area (Å²) >= 11 is 6.33. The Hall–Kier alpha value is -3.76. The van der Waals surface area contributed by atoms with E-state index in [1.54, 1.807) is 32.0 Å². The highest BCUT2D eigenvalue weighted by Gasteiger charge is 2.30. The molecular weight excluding hydrogens is 501 g/mol. The molecule has 11 heteroatoms. The van der Waals surface area contributed by atoms with E-state index in [1.807, 2.05) is 0 Å². The third-order valence-corrected chi connectivity index (χ3v) is 6.31. The molecule has 194 valence electrons. The highest BCUT2D eigenvalue weighted by atomic mass is 35.5. The molecule has 0 aliphatic carbocycles. The van der Waals surface area contributed by atoms with Crippen molar-refractivity contribution in [2.75, 3.05) is 25.6 Å². The summed E-state index contributed by atoms with van der Waals surface area (Å²) in [7, 11) is 1.48. The standard InChI is InChI=1S/C26H27ClFN5O4/c1-14(13-34)30-26-29-10-21(27)24(32-26)16-4-5-17-11-33(25(36)20(17)8-16)12-23(35)31-15(2)19-9-18(37-3)6-7-22(19)28/h4-10,14-15,34H,11-13H2,1-3H3,(H,31,35)(H,29,30,32). The molecule has 0 saturated heterocycles. The molecule has 3 N–H and O–H groups in total. The van der Waals surface area contributed by atoms with Crippen LogP contribution in [0.2, 0.25) is 5.02 Å². The molecule has 4 rings (SSSR count). The Kier molecular flexibility index (Phi) is 7.89. The van der Waals surface area contributed by atoms with E-state index in [9.17, 15) is 19.1 Å². The van der Waals surface area contributed by atoms with Gasteiger partial charge >= 0.3 is 0 Å². The molecule has 2 unspecified atom stereocenters. The van der Waals surface area contributed by atoms with Crippen LogP contribution in [0.25, 0.3) is 11.3 Å². The molecule has 2 aromatic carbocycles. The first kappa shape index (κ1) is 26.3. The van der Waals surface area contributed by atoms with Gasteiger partial charge in [-0.1, -0.05) is 23.7 Å². The van der Waals surface area contributed by atoms with Crippen LogP contribution in [0.5, 0.6) is 5.75 Å². The summed E-state index contributed by atoms with van der Waals surface area (Å²) in [4.78, 5) is 35.8. The van der Waals surface area contributed by atoms with E-state index in [0.717, 1.165) is 5.56 Å². The maximum absolute atomic E-state index is 14.3. The highest BCUT2D eigenvalue weighted by Crippen LogP contribution is 2.31. The minimum absolute atomic E-state index is 0.0919. The maximum atomic E-state index is 14.3. The topological polar surface area (TPSA) is 117 Å². The smallest absolute Gasteiger partial charge is 0.254 e. The lowest BCUT2D eigenvalue weighted by Crippen LogP contribution is -2.38. The van der Waals surface area contributed by atoms with Crippen molar-refractivity contribution in [2.45, 2.75) is 32.5 Å². The van der Waals surface area contributed by atoms with E-state index in [4.69, 9.17) is 16.3 Å². The van der Waals surface area contributed by atoms with E-state index in [-0.39, 0.29) is 37.2 Å². The van der Waals surface area contributed by atoms with Gasteiger partial charge in [0.1, 0.15) is 18.1 Å². The SMILES string of the molecule is COc1ccc(F)c(C(C)NC(=O)CN2Cc3ccc(-c4nc(NC(C)CO)ncc4Cl)cc3C2=O)c1. The largest absolute Gasteiger partial charge is 0.497 e. The summed E-state index contributed by atoms with van der Waals surface area (Å²) in [6.07, 6.45) is 1.45. The summed E-state index contributed by atoms with van der Waals surface area (Å²) < 4.78 is 19.4. The first-order valence-electron chi connectivity index (χ1n) is 11.7. The van der Waals surface area contributed by atoms with Crippen molar-refractivity contribution in [3.8, 4) is 17.0 Å². The molecule has 2 amide bonds. The van der Waals surface area contributed by atoms with Crippen molar-refractivity contribution in [3.63, 3.8) is 0 Å². The van der Waals surface area contributed by atoms with Gasteiger partial charge in [0.05, 0.1) is 36.7 Å². The van der Waals surface area contributed by atoms with Crippen LogP contribution in [0.15, 0.2) is 42.6 Å². The van der Waals surface area contributed by atoms with Gasteiger partial charge in [0.25, 0.3) is 5.91 Å². The predicted molar refractivity (Wildman–Crippen MR) is 137 cm³/mol. The molecule has 9 nitrogen and oxygen atoms in total. The maximum Gasteiger partial charge on any atom is 0.254 e. The summed E-state index contributed by atoms with van der Waals surface area (Å²) in [5.74, 6) is -0.396. The minimum atomic E-state index is -0.620. The zero-order valence-corrected chi connectivity index (χ0v) is 21.3. The molecule has 37 heavy (non-hydrogen) atoms. The van der Waals surface area contributed by atoms with Crippen molar-refractivity contribution in [1.82, 2.24) is 20.2 Å². The Labute approximate surface area is 218 Å². The number of hydrogen-bond donors (Lipinski definition) is 3.